The van der Waals surface area contributed by atoms with E-state index in [1.807, 2.05) is 52.8 Å². The number of carbonyl (C=O) groups excluding carboxylic acids is 1. The summed E-state index contributed by atoms with van der Waals surface area (Å²) in [5.74, 6) is 6.14. The number of nitrogens with two attached hydrogens (primary N) is 1. The van der Waals surface area contributed by atoms with E-state index in [2.05, 4.69) is 116 Å². The summed E-state index contributed by atoms with van der Waals surface area (Å²) in [5.41, 5.74) is 5.10. The van der Waals surface area contributed by atoms with Crippen LogP contribution in [0.25, 0.3) is 5.57 Å². The molecule has 3 N–H and O–H groups in total. The Kier molecular flexibility index (Phi) is 35.7. The van der Waals surface area contributed by atoms with Crippen LogP contribution >= 0.6 is 0 Å². The molecule has 0 aliphatic heterocycles. The second-order valence-corrected chi connectivity index (χ2v) is 16.5. The number of hydrogen-bond donors (Lipinski definition) is 2. The average molecular weight is 837 g/mol. The van der Waals surface area contributed by atoms with Crippen molar-refractivity contribution in [3.8, 4) is 0 Å². The number of aliphatic hydroxyl groups excluding tert-OH is 1. The number of aliphatic imine (C=N–C) groups is 1. The molecule has 2 aromatic rings. The second-order valence-electron chi connectivity index (χ2n) is 16.5. The van der Waals surface area contributed by atoms with Crippen LogP contribution in [0.3, 0.4) is 0 Å². The van der Waals surface area contributed by atoms with Gasteiger partial charge >= 0.3 is 5.97 Å². The highest BCUT2D eigenvalue weighted by Gasteiger charge is 2.23. The van der Waals surface area contributed by atoms with E-state index >= 15 is 0 Å². The van der Waals surface area contributed by atoms with Gasteiger partial charge in [-0.3, -0.25) is 4.99 Å². The first-order valence-corrected chi connectivity index (χ1v) is 22.1. The van der Waals surface area contributed by atoms with Crippen molar-refractivity contribution >= 4 is 23.5 Å². The van der Waals surface area contributed by atoms with Gasteiger partial charge in [-0.05, 0) is 109 Å². The summed E-state index contributed by atoms with van der Waals surface area (Å²) in [4.78, 5) is 17.9. The van der Waals surface area contributed by atoms with Gasteiger partial charge in [-0.15, -0.1) is 5.10 Å². The minimum absolute atomic E-state index is 0.225. The summed E-state index contributed by atoms with van der Waals surface area (Å²) in [6.07, 6.45) is 20.9. The minimum atomic E-state index is -0.674. The molecular formula is C50H88N6O4. The number of hydrazone groups is 1. The summed E-state index contributed by atoms with van der Waals surface area (Å²) in [6.45, 7) is 39.6. The molecule has 0 fully saturated rings. The van der Waals surface area contributed by atoms with Gasteiger partial charge in [-0.1, -0.05) is 142 Å². The van der Waals surface area contributed by atoms with E-state index in [1.54, 1.807) is 35.3 Å². The van der Waals surface area contributed by atoms with Crippen LogP contribution in [0.2, 0.25) is 0 Å². The standard InChI is InChI=1S/C33H48N6O4.C6H14.C5H10.2C3H8/c1-9-13-24(14-10-2)30-26(18-35-19-28(36-34)23-42-33(8,12-4)15-11-3)16-25(31(41)43-32(5,6)7)17-27(30)20-39-21-29(22-40)37-38-39;1-4-5-6(2)3;1-4-5(2)3;2*1-3-2/h9-10,13-14,16-17,19,21,40H,1,11-12,15,18,20,22-23,34H2,2-8H3;6H,4-5H2,1-3H3;4H,1-3H3;2*3H2,1-2H3/b14-10-,24-13+,35-19?,36-28+;;;;. The van der Waals surface area contributed by atoms with E-state index in [0.29, 0.717) is 17.0 Å². The molecule has 1 unspecified atom stereocenters. The first kappa shape index (κ1) is 60.2. The summed E-state index contributed by atoms with van der Waals surface area (Å²) < 4.78 is 13.5. The fourth-order valence-electron chi connectivity index (χ4n) is 5.10. The SMILES string of the molecule is C=C/C=C(\C=C/C)c1c(CN=C/C(COC(C)(CC)CCC)=N\N)cc(C(=O)OC(C)(C)C)cc1Cn1cc(CO)nn1.CC=C(C)C.CCC.CCC.CCCC(C)C. The van der Waals surface area contributed by atoms with E-state index in [9.17, 15) is 9.90 Å². The summed E-state index contributed by atoms with van der Waals surface area (Å²) in [5, 5.41) is 21.6. The quantitative estimate of drug-likeness (QED) is 0.0381. The first-order valence-electron chi connectivity index (χ1n) is 22.1. The highest BCUT2D eigenvalue weighted by atomic mass is 16.6. The third-order valence-electron chi connectivity index (χ3n) is 8.16. The number of rotatable bonds is 18. The molecule has 0 aliphatic rings. The Morgan fingerprint density at radius 3 is 1.98 bits per heavy atom. The Bertz CT molecular complexity index is 1590. The Labute approximate surface area is 367 Å². The van der Waals surface area contributed by atoms with Crippen molar-refractivity contribution in [1.29, 1.82) is 0 Å². The predicted octanol–water partition coefficient (Wildman–Crippen LogP) is 13.0. The molecule has 0 saturated carbocycles. The lowest BCUT2D eigenvalue weighted by atomic mass is 9.91. The monoisotopic (exact) mass is 837 g/mol. The maximum absolute atomic E-state index is 13.3. The average Bonchev–Trinajstić information content (AvgIpc) is 3.64. The van der Waals surface area contributed by atoms with Crippen LogP contribution in [0.5, 0.6) is 0 Å². The number of benzene rings is 1. The molecule has 1 atom stereocenters. The van der Waals surface area contributed by atoms with Gasteiger partial charge in [0.2, 0.25) is 0 Å². The molecule has 0 radical (unpaired) electrons. The Balaban J connectivity index is -0.00000161. The molecule has 0 saturated heterocycles. The van der Waals surface area contributed by atoms with Gasteiger partial charge in [0.25, 0.3) is 0 Å². The number of aromatic nitrogens is 3. The minimum Gasteiger partial charge on any atom is -0.456 e. The van der Waals surface area contributed by atoms with Crippen LogP contribution in [-0.2, 0) is 29.2 Å². The van der Waals surface area contributed by atoms with E-state index in [1.165, 1.54) is 31.3 Å². The van der Waals surface area contributed by atoms with Crippen LogP contribution in [0.4, 0.5) is 0 Å². The fraction of sp³-hybridized carbons (Fsp3) is 0.620. The van der Waals surface area contributed by atoms with Crippen molar-refractivity contribution in [2.24, 2.45) is 21.9 Å². The van der Waals surface area contributed by atoms with E-state index in [0.717, 1.165) is 47.4 Å². The third kappa shape index (κ3) is 29.1. The summed E-state index contributed by atoms with van der Waals surface area (Å²) in [6, 6.07) is 3.60. The zero-order chi connectivity index (χ0) is 46.7. The molecule has 1 aromatic heterocycles. The lowest BCUT2D eigenvalue weighted by Gasteiger charge is -2.28. The number of hydrogen-bond acceptors (Lipinski definition) is 9. The molecule has 10 nitrogen and oxygen atoms in total. The Morgan fingerprint density at radius 2 is 1.58 bits per heavy atom. The van der Waals surface area contributed by atoms with Gasteiger partial charge in [-0.25, -0.2) is 9.48 Å². The number of aliphatic hydroxyl groups is 1. The number of allylic oxidation sites excluding steroid dienone is 7. The van der Waals surface area contributed by atoms with E-state index < -0.39 is 11.6 Å². The topological polar surface area (TPSA) is 137 Å². The normalized spacial score (nSPS) is 12.5. The van der Waals surface area contributed by atoms with Crippen molar-refractivity contribution in [2.45, 2.75) is 194 Å². The van der Waals surface area contributed by atoms with Gasteiger partial charge in [0.05, 0.1) is 43.7 Å². The van der Waals surface area contributed by atoms with E-state index in [-0.39, 0.29) is 31.9 Å². The van der Waals surface area contributed by atoms with Crippen LogP contribution < -0.4 is 5.84 Å². The number of nitrogens with zero attached hydrogens (tertiary/aromatic N) is 5. The van der Waals surface area contributed by atoms with Crippen molar-refractivity contribution in [3.05, 3.63) is 88.8 Å². The van der Waals surface area contributed by atoms with Gasteiger partial charge < -0.3 is 20.4 Å². The molecule has 1 aromatic carbocycles. The molecule has 10 heteroatoms. The molecule has 0 amide bonds. The van der Waals surface area contributed by atoms with Crippen LogP contribution in [0, 0.1) is 5.92 Å². The lowest BCUT2D eigenvalue weighted by Crippen LogP contribution is -2.31. The maximum atomic E-state index is 13.3. The van der Waals surface area contributed by atoms with Crippen LogP contribution in [0.15, 0.2) is 71.0 Å². The predicted molar refractivity (Wildman–Crippen MR) is 260 cm³/mol. The first-order chi connectivity index (χ1) is 28.3. The molecule has 2 rings (SSSR count). The van der Waals surface area contributed by atoms with Crippen LogP contribution in [-0.4, -0.2) is 55.8 Å². The maximum Gasteiger partial charge on any atom is 0.338 e. The summed E-state index contributed by atoms with van der Waals surface area (Å²) in [7, 11) is 0. The lowest BCUT2D eigenvalue weighted by molar-refractivity contribution is -0.0200. The fourth-order valence-corrected chi connectivity index (χ4v) is 5.10. The van der Waals surface area contributed by atoms with Crippen molar-refractivity contribution < 1.29 is 19.4 Å². The van der Waals surface area contributed by atoms with Crippen molar-refractivity contribution in [1.82, 2.24) is 15.0 Å². The molecule has 60 heavy (non-hydrogen) atoms. The van der Waals surface area contributed by atoms with Crippen molar-refractivity contribution in [3.63, 3.8) is 0 Å². The Hall–Kier alpha value is -4.15. The largest absolute Gasteiger partial charge is 0.456 e. The molecule has 1 heterocycles. The molecule has 0 aliphatic carbocycles. The molecule has 0 spiro atoms. The highest BCUT2D eigenvalue weighted by Crippen LogP contribution is 2.30. The third-order valence-corrected chi connectivity index (χ3v) is 8.16. The Morgan fingerprint density at radius 1 is 1.00 bits per heavy atom. The molecule has 0 bridgehead atoms. The van der Waals surface area contributed by atoms with Gasteiger partial charge in [0, 0.05) is 6.21 Å². The van der Waals surface area contributed by atoms with Gasteiger partial charge in [0.1, 0.15) is 17.0 Å². The second kappa shape index (κ2) is 35.6. The molecular weight excluding hydrogens is 749 g/mol. The number of ether oxygens (including phenoxy) is 2. The van der Waals surface area contributed by atoms with Crippen molar-refractivity contribution in [2.75, 3.05) is 6.61 Å². The zero-order valence-corrected chi connectivity index (χ0v) is 41.2. The van der Waals surface area contributed by atoms with Crippen LogP contribution in [0.1, 0.15) is 195 Å². The van der Waals surface area contributed by atoms with Gasteiger partial charge in [-0.2, -0.15) is 5.10 Å². The summed E-state index contributed by atoms with van der Waals surface area (Å²) >= 11 is 0. The number of esters is 1. The van der Waals surface area contributed by atoms with Gasteiger partial charge in [0.15, 0.2) is 0 Å². The highest BCUT2D eigenvalue weighted by molar-refractivity contribution is 6.31. The molecule has 342 valence electrons. The smallest absolute Gasteiger partial charge is 0.338 e. The number of carbonyl (C=O) groups is 1. The van der Waals surface area contributed by atoms with E-state index in [4.69, 9.17) is 15.3 Å². The zero-order valence-electron chi connectivity index (χ0n) is 41.2.